The molecule has 0 spiro atoms. The number of hydrogen-bond donors (Lipinski definition) is 0. The summed E-state index contributed by atoms with van der Waals surface area (Å²) in [4.78, 5) is 26.8. The lowest BCUT2D eigenvalue weighted by molar-refractivity contribution is -0.117. The van der Waals surface area contributed by atoms with Crippen molar-refractivity contribution in [3.63, 3.8) is 0 Å². The van der Waals surface area contributed by atoms with E-state index in [1.54, 1.807) is 0 Å². The van der Waals surface area contributed by atoms with E-state index in [-0.39, 0.29) is 21.7 Å². The molecule has 0 aliphatic carbocycles. The van der Waals surface area contributed by atoms with Crippen LogP contribution in [0.5, 0.6) is 0 Å². The number of allylic oxidation sites excluding steroid dienone is 1. The lowest BCUT2D eigenvalue weighted by Crippen LogP contribution is -2.25. The van der Waals surface area contributed by atoms with E-state index >= 15 is 0 Å². The number of anilines is 1. The predicted molar refractivity (Wildman–Crippen MR) is 119 cm³/mol. The molecule has 1 aliphatic rings. The van der Waals surface area contributed by atoms with E-state index in [9.17, 15) is 18.0 Å². The maximum absolute atomic E-state index is 12.5. The number of fused-ring (bicyclic) bond motifs is 1. The van der Waals surface area contributed by atoms with E-state index in [0.29, 0.717) is 0 Å². The lowest BCUT2D eigenvalue weighted by atomic mass is 9.83. The molecule has 0 bridgehead atoms. The molecule has 8 heteroatoms. The van der Waals surface area contributed by atoms with Gasteiger partial charge in [-0.25, -0.2) is 17.5 Å². The van der Waals surface area contributed by atoms with E-state index in [2.05, 4.69) is 0 Å². The number of sulfonamides is 1. The van der Waals surface area contributed by atoms with Crippen molar-refractivity contribution in [3.05, 3.63) is 71.4 Å². The number of benzene rings is 2. The van der Waals surface area contributed by atoms with Crippen molar-refractivity contribution in [2.75, 3.05) is 32.6 Å². The molecule has 31 heavy (non-hydrogen) atoms. The SMILES string of the molecule is CN1/C(=C\C(=O)COC(=O)c2ccc(S(=O)(=O)N(C)C)cc2)C(C)(C)c2ccccc21. The van der Waals surface area contributed by atoms with E-state index in [1.807, 2.05) is 50.1 Å². The van der Waals surface area contributed by atoms with Crippen molar-refractivity contribution in [2.24, 2.45) is 0 Å². The van der Waals surface area contributed by atoms with Crippen LogP contribution in [-0.2, 0) is 25.0 Å². The Bertz CT molecular complexity index is 1150. The van der Waals surface area contributed by atoms with Crippen LogP contribution in [0.25, 0.3) is 0 Å². The molecule has 2 aromatic carbocycles. The molecular weight excluding hydrogens is 416 g/mol. The minimum absolute atomic E-state index is 0.0703. The Hall–Kier alpha value is -2.97. The monoisotopic (exact) mass is 442 g/mol. The first-order valence-electron chi connectivity index (χ1n) is 9.74. The highest BCUT2D eigenvalue weighted by Gasteiger charge is 2.38. The van der Waals surface area contributed by atoms with Gasteiger partial charge in [-0.2, -0.15) is 0 Å². The van der Waals surface area contributed by atoms with Crippen LogP contribution in [0.2, 0.25) is 0 Å². The van der Waals surface area contributed by atoms with Crippen LogP contribution in [-0.4, -0.2) is 52.2 Å². The molecule has 164 valence electrons. The molecule has 0 atom stereocenters. The van der Waals surface area contributed by atoms with E-state index in [4.69, 9.17) is 4.74 Å². The lowest BCUT2D eigenvalue weighted by Gasteiger charge is -2.23. The Kier molecular flexibility index (Phi) is 6.07. The summed E-state index contributed by atoms with van der Waals surface area (Å²) in [7, 11) is 1.18. The van der Waals surface area contributed by atoms with Gasteiger partial charge in [0, 0.05) is 44.0 Å². The summed E-state index contributed by atoms with van der Waals surface area (Å²) < 4.78 is 30.4. The van der Waals surface area contributed by atoms with Crippen LogP contribution in [0.4, 0.5) is 5.69 Å². The van der Waals surface area contributed by atoms with Crippen molar-refractivity contribution in [2.45, 2.75) is 24.2 Å². The van der Waals surface area contributed by atoms with Crippen molar-refractivity contribution in [1.29, 1.82) is 0 Å². The van der Waals surface area contributed by atoms with E-state index in [0.717, 1.165) is 21.3 Å². The van der Waals surface area contributed by atoms with Gasteiger partial charge in [0.1, 0.15) is 0 Å². The fourth-order valence-electron chi connectivity index (χ4n) is 3.65. The molecule has 3 rings (SSSR count). The van der Waals surface area contributed by atoms with Crippen LogP contribution in [0.15, 0.2) is 65.2 Å². The number of likely N-dealkylation sites (N-methyl/N-ethyl adjacent to an activating group) is 1. The minimum atomic E-state index is -3.58. The van der Waals surface area contributed by atoms with Gasteiger partial charge < -0.3 is 9.64 Å². The maximum atomic E-state index is 12.5. The summed E-state index contributed by atoms with van der Waals surface area (Å²) in [5.41, 5.74) is 2.81. The van der Waals surface area contributed by atoms with Gasteiger partial charge in [-0.15, -0.1) is 0 Å². The van der Waals surface area contributed by atoms with Gasteiger partial charge in [-0.05, 0) is 35.9 Å². The third kappa shape index (κ3) is 4.26. The second kappa shape index (κ2) is 8.28. The average Bonchev–Trinajstić information content (AvgIpc) is 2.93. The molecule has 0 saturated carbocycles. The highest BCUT2D eigenvalue weighted by atomic mass is 32.2. The third-order valence-electron chi connectivity index (χ3n) is 5.45. The van der Waals surface area contributed by atoms with Gasteiger partial charge in [0.25, 0.3) is 0 Å². The smallest absolute Gasteiger partial charge is 0.338 e. The van der Waals surface area contributed by atoms with Crippen LogP contribution in [0.3, 0.4) is 0 Å². The normalized spacial score (nSPS) is 16.5. The zero-order valence-corrected chi connectivity index (χ0v) is 19.1. The second-order valence-electron chi connectivity index (χ2n) is 8.08. The number of nitrogens with zero attached hydrogens (tertiary/aromatic N) is 2. The van der Waals surface area contributed by atoms with Crippen molar-refractivity contribution < 1.29 is 22.7 Å². The Morgan fingerprint density at radius 1 is 1.06 bits per heavy atom. The molecule has 0 N–H and O–H groups in total. The van der Waals surface area contributed by atoms with Gasteiger partial charge in [-0.3, -0.25) is 4.79 Å². The van der Waals surface area contributed by atoms with Gasteiger partial charge in [0.2, 0.25) is 10.0 Å². The first-order valence-corrected chi connectivity index (χ1v) is 11.2. The van der Waals surface area contributed by atoms with Crippen molar-refractivity contribution >= 4 is 27.5 Å². The molecule has 0 radical (unpaired) electrons. The minimum Gasteiger partial charge on any atom is -0.454 e. The molecular formula is C23H26N2O5S. The molecule has 2 aromatic rings. The van der Waals surface area contributed by atoms with E-state index in [1.165, 1.54) is 44.4 Å². The Labute approximate surface area is 183 Å². The number of rotatable bonds is 6. The topological polar surface area (TPSA) is 84.0 Å². The number of carbonyl (C=O) groups is 2. The first-order chi connectivity index (χ1) is 14.5. The van der Waals surface area contributed by atoms with Crippen molar-refractivity contribution in [1.82, 2.24) is 4.31 Å². The van der Waals surface area contributed by atoms with Crippen LogP contribution >= 0.6 is 0 Å². The Morgan fingerprint density at radius 2 is 1.68 bits per heavy atom. The number of ketones is 1. The number of para-hydroxylation sites is 1. The number of ether oxygens (including phenoxy) is 1. The fraction of sp³-hybridized carbons (Fsp3) is 0.304. The van der Waals surface area contributed by atoms with E-state index < -0.39 is 22.6 Å². The summed E-state index contributed by atoms with van der Waals surface area (Å²) in [6, 6.07) is 13.4. The van der Waals surface area contributed by atoms with Gasteiger partial charge >= 0.3 is 5.97 Å². The predicted octanol–water partition coefficient (Wildman–Crippen LogP) is 2.97. The largest absolute Gasteiger partial charge is 0.454 e. The average molecular weight is 443 g/mol. The third-order valence-corrected chi connectivity index (χ3v) is 7.28. The number of esters is 1. The summed E-state index contributed by atoms with van der Waals surface area (Å²) >= 11 is 0. The Morgan fingerprint density at radius 3 is 2.26 bits per heavy atom. The Balaban J connectivity index is 1.68. The van der Waals surface area contributed by atoms with Crippen LogP contribution in [0, 0.1) is 0 Å². The van der Waals surface area contributed by atoms with Gasteiger partial charge in [-0.1, -0.05) is 32.0 Å². The summed E-state index contributed by atoms with van der Waals surface area (Å²) in [6.45, 7) is 3.69. The standard InChI is InChI=1S/C23H26N2O5S/c1-23(2)19-8-6-7-9-20(19)25(5)21(23)14-17(26)15-30-22(27)16-10-12-18(13-11-16)31(28,29)24(3)4/h6-14H,15H2,1-5H3/b21-14-. The molecule has 0 fully saturated rings. The highest BCUT2D eigenvalue weighted by molar-refractivity contribution is 7.89. The summed E-state index contributed by atoms with van der Waals surface area (Å²) in [6.07, 6.45) is 1.51. The highest BCUT2D eigenvalue weighted by Crippen LogP contribution is 2.46. The molecule has 0 unspecified atom stereocenters. The number of carbonyl (C=O) groups excluding carboxylic acids is 2. The zero-order valence-electron chi connectivity index (χ0n) is 18.2. The molecule has 0 saturated heterocycles. The van der Waals surface area contributed by atoms with Crippen LogP contribution in [0.1, 0.15) is 29.8 Å². The van der Waals surface area contributed by atoms with Gasteiger partial charge in [0.05, 0.1) is 10.5 Å². The molecule has 1 aliphatic heterocycles. The summed E-state index contributed by atoms with van der Waals surface area (Å²) in [5, 5.41) is 0. The molecule has 7 nitrogen and oxygen atoms in total. The number of hydrogen-bond acceptors (Lipinski definition) is 6. The van der Waals surface area contributed by atoms with Gasteiger partial charge in [0.15, 0.2) is 12.4 Å². The maximum Gasteiger partial charge on any atom is 0.338 e. The van der Waals surface area contributed by atoms with Crippen LogP contribution < -0.4 is 4.90 Å². The molecule has 0 amide bonds. The summed E-state index contributed by atoms with van der Waals surface area (Å²) in [5.74, 6) is -1.02. The first kappa shape index (κ1) is 22.7. The zero-order chi connectivity index (χ0) is 23.0. The second-order valence-corrected chi connectivity index (χ2v) is 10.2. The van der Waals surface area contributed by atoms with Crippen molar-refractivity contribution in [3.8, 4) is 0 Å². The molecule has 1 heterocycles. The fourth-order valence-corrected chi connectivity index (χ4v) is 4.55. The molecule has 0 aromatic heterocycles. The quantitative estimate of drug-likeness (QED) is 0.505.